The lowest BCUT2D eigenvalue weighted by Gasteiger charge is -2.33. The number of nitrogens with zero attached hydrogens (tertiary/aromatic N) is 1. The van der Waals surface area contributed by atoms with E-state index in [1.54, 1.807) is 19.2 Å². The van der Waals surface area contributed by atoms with Crippen molar-refractivity contribution in [1.29, 1.82) is 0 Å². The fraction of sp³-hybridized carbons (Fsp3) is 0.316. The number of rotatable bonds is 5. The molecule has 3 rings (SSSR count). The van der Waals surface area contributed by atoms with Crippen LogP contribution in [-0.2, 0) is 4.79 Å². The highest BCUT2D eigenvalue weighted by atomic mass is 19.1. The summed E-state index contributed by atoms with van der Waals surface area (Å²) in [5.41, 5.74) is 1.72. The summed E-state index contributed by atoms with van der Waals surface area (Å²) in [5, 5.41) is 2.92. The van der Waals surface area contributed by atoms with E-state index in [9.17, 15) is 9.18 Å². The third-order valence-electron chi connectivity index (χ3n) is 4.45. The number of nitrogens with one attached hydrogen (secondary N) is 2. The SMILES string of the molecule is COc1ccccc1NC(=O)C[NH+]1CCN(c2ccc(F)cc2)CC1. The Morgan fingerprint density at radius 1 is 1.16 bits per heavy atom. The van der Waals surface area contributed by atoms with Crippen LogP contribution in [0.2, 0.25) is 0 Å². The van der Waals surface area contributed by atoms with Crippen molar-refractivity contribution in [3.05, 3.63) is 54.3 Å². The zero-order valence-electron chi connectivity index (χ0n) is 14.3. The van der Waals surface area contributed by atoms with E-state index in [0.717, 1.165) is 31.9 Å². The molecular formula is C19H23FN3O2+. The molecule has 132 valence electrons. The monoisotopic (exact) mass is 344 g/mol. The van der Waals surface area contributed by atoms with E-state index in [-0.39, 0.29) is 11.7 Å². The van der Waals surface area contributed by atoms with Gasteiger partial charge in [0.25, 0.3) is 5.91 Å². The van der Waals surface area contributed by atoms with Gasteiger partial charge in [0.2, 0.25) is 0 Å². The number of ether oxygens (including phenoxy) is 1. The van der Waals surface area contributed by atoms with E-state index in [4.69, 9.17) is 4.74 Å². The van der Waals surface area contributed by atoms with E-state index in [0.29, 0.717) is 18.0 Å². The summed E-state index contributed by atoms with van der Waals surface area (Å²) >= 11 is 0. The molecule has 0 bridgehead atoms. The van der Waals surface area contributed by atoms with E-state index in [1.165, 1.54) is 17.0 Å². The zero-order valence-corrected chi connectivity index (χ0v) is 14.3. The van der Waals surface area contributed by atoms with Gasteiger partial charge in [-0.1, -0.05) is 12.1 Å². The Morgan fingerprint density at radius 3 is 2.52 bits per heavy atom. The highest BCUT2D eigenvalue weighted by Gasteiger charge is 2.22. The second-order valence-corrected chi connectivity index (χ2v) is 6.14. The minimum Gasteiger partial charge on any atom is -0.495 e. The van der Waals surface area contributed by atoms with Gasteiger partial charge in [-0.25, -0.2) is 4.39 Å². The molecule has 0 saturated carbocycles. The Bertz CT molecular complexity index is 713. The summed E-state index contributed by atoms with van der Waals surface area (Å²) in [5.74, 6) is 0.419. The summed E-state index contributed by atoms with van der Waals surface area (Å²) < 4.78 is 18.3. The van der Waals surface area contributed by atoms with Crippen molar-refractivity contribution in [2.24, 2.45) is 0 Å². The molecule has 2 N–H and O–H groups in total. The molecule has 2 aromatic rings. The Hall–Kier alpha value is -2.60. The van der Waals surface area contributed by atoms with Crippen LogP contribution < -0.4 is 19.9 Å². The van der Waals surface area contributed by atoms with Crippen LogP contribution in [0.15, 0.2) is 48.5 Å². The lowest BCUT2D eigenvalue weighted by molar-refractivity contribution is -0.892. The molecule has 1 heterocycles. The number of carbonyl (C=O) groups is 1. The second kappa shape index (κ2) is 7.98. The third-order valence-corrected chi connectivity index (χ3v) is 4.45. The van der Waals surface area contributed by atoms with Crippen LogP contribution in [0.5, 0.6) is 5.75 Å². The Kier molecular flexibility index (Phi) is 5.50. The standard InChI is InChI=1S/C19H22FN3O2/c1-25-18-5-3-2-4-17(18)21-19(24)14-22-10-12-23(13-11-22)16-8-6-15(20)7-9-16/h2-9H,10-14H2,1H3,(H,21,24)/p+1. The number of halogens is 1. The number of methoxy groups -OCH3 is 1. The predicted molar refractivity (Wildman–Crippen MR) is 95.8 cm³/mol. The van der Waals surface area contributed by atoms with Gasteiger partial charge in [-0.2, -0.15) is 0 Å². The molecule has 0 radical (unpaired) electrons. The first-order chi connectivity index (χ1) is 12.2. The van der Waals surface area contributed by atoms with E-state index in [1.807, 2.05) is 24.3 Å². The summed E-state index contributed by atoms with van der Waals surface area (Å²) in [6, 6.07) is 14.0. The van der Waals surface area contributed by atoms with Crippen LogP contribution in [-0.4, -0.2) is 45.7 Å². The molecule has 0 atom stereocenters. The van der Waals surface area contributed by atoms with Gasteiger partial charge in [0, 0.05) is 5.69 Å². The largest absolute Gasteiger partial charge is 0.495 e. The van der Waals surface area contributed by atoms with Crippen LogP contribution >= 0.6 is 0 Å². The molecule has 0 aromatic heterocycles. The van der Waals surface area contributed by atoms with Crippen LogP contribution in [0.3, 0.4) is 0 Å². The van der Waals surface area contributed by atoms with E-state index >= 15 is 0 Å². The van der Waals surface area contributed by atoms with Gasteiger partial charge in [0.15, 0.2) is 6.54 Å². The maximum Gasteiger partial charge on any atom is 0.279 e. The number of anilines is 2. The van der Waals surface area contributed by atoms with Gasteiger partial charge in [-0.15, -0.1) is 0 Å². The zero-order chi connectivity index (χ0) is 17.6. The maximum atomic E-state index is 13.0. The Morgan fingerprint density at radius 2 is 1.84 bits per heavy atom. The van der Waals surface area contributed by atoms with Crippen LogP contribution in [0.1, 0.15) is 0 Å². The van der Waals surface area contributed by atoms with Crippen LogP contribution in [0.4, 0.5) is 15.8 Å². The van der Waals surface area contributed by atoms with Gasteiger partial charge in [0.05, 0.1) is 39.0 Å². The summed E-state index contributed by atoms with van der Waals surface area (Å²) in [4.78, 5) is 15.8. The summed E-state index contributed by atoms with van der Waals surface area (Å²) in [6.45, 7) is 3.87. The highest BCUT2D eigenvalue weighted by Crippen LogP contribution is 2.22. The number of amides is 1. The molecule has 6 heteroatoms. The smallest absolute Gasteiger partial charge is 0.279 e. The lowest BCUT2D eigenvalue weighted by Crippen LogP contribution is -3.15. The van der Waals surface area contributed by atoms with Crippen molar-refractivity contribution < 1.29 is 18.8 Å². The molecule has 0 spiro atoms. The second-order valence-electron chi connectivity index (χ2n) is 6.14. The predicted octanol–water partition coefficient (Wildman–Crippen LogP) is 1.18. The van der Waals surface area contributed by atoms with Crippen molar-refractivity contribution in [3.63, 3.8) is 0 Å². The minimum absolute atomic E-state index is 0.0188. The van der Waals surface area contributed by atoms with Crippen molar-refractivity contribution in [3.8, 4) is 5.75 Å². The number of benzene rings is 2. The first kappa shape index (κ1) is 17.2. The average Bonchev–Trinajstić information content (AvgIpc) is 2.63. The molecule has 25 heavy (non-hydrogen) atoms. The first-order valence-corrected chi connectivity index (χ1v) is 8.42. The van der Waals surface area contributed by atoms with Gasteiger partial charge in [0.1, 0.15) is 11.6 Å². The average molecular weight is 344 g/mol. The molecule has 2 aromatic carbocycles. The third kappa shape index (κ3) is 4.48. The minimum atomic E-state index is -0.221. The van der Waals surface area contributed by atoms with Crippen LogP contribution in [0.25, 0.3) is 0 Å². The molecule has 1 fully saturated rings. The van der Waals surface area contributed by atoms with Crippen molar-refractivity contribution in [1.82, 2.24) is 0 Å². The number of quaternary nitrogens is 1. The normalized spacial score (nSPS) is 15.0. The number of hydrogen-bond donors (Lipinski definition) is 2. The molecule has 1 amide bonds. The van der Waals surface area contributed by atoms with E-state index < -0.39 is 0 Å². The summed E-state index contributed by atoms with van der Waals surface area (Å²) in [6.07, 6.45) is 0. The molecule has 5 nitrogen and oxygen atoms in total. The van der Waals surface area contributed by atoms with Crippen molar-refractivity contribution in [2.75, 3.05) is 50.1 Å². The number of para-hydroxylation sites is 2. The Balaban J connectivity index is 1.50. The van der Waals surface area contributed by atoms with Gasteiger partial charge < -0.3 is 19.9 Å². The van der Waals surface area contributed by atoms with E-state index in [2.05, 4.69) is 10.2 Å². The number of piperazine rings is 1. The summed E-state index contributed by atoms with van der Waals surface area (Å²) in [7, 11) is 1.59. The molecule has 0 unspecified atom stereocenters. The van der Waals surface area contributed by atoms with Crippen LogP contribution in [0, 0.1) is 5.82 Å². The number of carbonyl (C=O) groups excluding carboxylic acids is 1. The molecule has 1 aliphatic rings. The quantitative estimate of drug-likeness (QED) is 0.856. The fourth-order valence-electron chi connectivity index (χ4n) is 3.08. The lowest BCUT2D eigenvalue weighted by atomic mass is 10.2. The highest BCUT2D eigenvalue weighted by molar-refractivity contribution is 5.92. The first-order valence-electron chi connectivity index (χ1n) is 8.42. The molecule has 1 aliphatic heterocycles. The fourth-order valence-corrected chi connectivity index (χ4v) is 3.08. The molecule has 0 aliphatic carbocycles. The van der Waals surface area contributed by atoms with Gasteiger partial charge >= 0.3 is 0 Å². The van der Waals surface area contributed by atoms with Crippen molar-refractivity contribution in [2.45, 2.75) is 0 Å². The van der Waals surface area contributed by atoms with Gasteiger partial charge in [-0.3, -0.25) is 4.79 Å². The molecule has 1 saturated heterocycles. The van der Waals surface area contributed by atoms with Gasteiger partial charge in [-0.05, 0) is 36.4 Å². The maximum absolute atomic E-state index is 13.0. The van der Waals surface area contributed by atoms with Crippen molar-refractivity contribution >= 4 is 17.3 Å². The molecular weight excluding hydrogens is 321 g/mol. The number of hydrogen-bond acceptors (Lipinski definition) is 3. The Labute approximate surface area is 147 Å². The topological polar surface area (TPSA) is 46.0 Å².